The summed E-state index contributed by atoms with van der Waals surface area (Å²) >= 11 is 2.62. The number of anilines is 1. The number of hydrogen-bond acceptors (Lipinski definition) is 2. The van der Waals surface area contributed by atoms with Crippen LogP contribution < -0.4 is 11.3 Å². The van der Waals surface area contributed by atoms with Crippen molar-refractivity contribution in [3.05, 3.63) is 28.0 Å². The molecule has 0 spiro atoms. The van der Waals surface area contributed by atoms with Crippen LogP contribution in [0.2, 0.25) is 0 Å². The maximum absolute atomic E-state index is 13.1. The molecular weight excluding hydrogens is 304 g/mol. The molecule has 0 saturated heterocycles. The third-order valence-corrected chi connectivity index (χ3v) is 2.19. The first kappa shape index (κ1) is 18.5. The summed E-state index contributed by atoms with van der Waals surface area (Å²) in [5.74, 6) is 3.42. The molecule has 0 fully saturated rings. The Morgan fingerprint density at radius 3 is 2.06 bits per heavy atom. The highest BCUT2D eigenvalue weighted by Gasteiger charge is 2.37. The molecule has 0 amide bonds. The van der Waals surface area contributed by atoms with E-state index in [2.05, 4.69) is 15.9 Å². The highest BCUT2D eigenvalue weighted by molar-refractivity contribution is 9.10. The number of benzene rings is 1. The number of nitrogens with one attached hydrogen (secondary N) is 1. The minimum Gasteiger partial charge on any atom is -0.321 e. The Morgan fingerprint density at radius 2 is 1.71 bits per heavy atom. The van der Waals surface area contributed by atoms with Gasteiger partial charge in [-0.05, 0) is 12.1 Å². The van der Waals surface area contributed by atoms with Crippen molar-refractivity contribution in [2.75, 3.05) is 5.43 Å². The largest absolute Gasteiger partial charge is 0.420 e. The van der Waals surface area contributed by atoms with E-state index in [1.165, 1.54) is 0 Å². The Labute approximate surface area is 106 Å². The molecule has 17 heavy (non-hydrogen) atoms. The lowest BCUT2D eigenvalue weighted by atomic mass is 10.2. The van der Waals surface area contributed by atoms with Crippen molar-refractivity contribution in [3.8, 4) is 0 Å². The molecule has 2 nitrogen and oxygen atoms in total. The van der Waals surface area contributed by atoms with Gasteiger partial charge in [-0.1, -0.05) is 37.2 Å². The summed E-state index contributed by atoms with van der Waals surface area (Å²) in [6, 6.07) is 2.18. The van der Waals surface area contributed by atoms with E-state index in [0.717, 1.165) is 12.1 Å². The molecule has 1 aromatic carbocycles. The number of halogens is 5. The topological polar surface area (TPSA) is 38.0 Å². The third-order valence-electron chi connectivity index (χ3n) is 1.53. The molecule has 0 aliphatic rings. The summed E-state index contributed by atoms with van der Waals surface area (Å²) in [7, 11) is 0. The molecule has 100 valence electrons. The van der Waals surface area contributed by atoms with Gasteiger partial charge in [0.1, 0.15) is 5.56 Å². The molecule has 7 heteroatoms. The van der Waals surface area contributed by atoms with Crippen LogP contribution in [0.25, 0.3) is 0 Å². The predicted molar refractivity (Wildman–Crippen MR) is 65.0 cm³/mol. The molecule has 1 rings (SSSR count). The fourth-order valence-electron chi connectivity index (χ4n) is 0.924. The maximum atomic E-state index is 13.1. The monoisotopic (exact) mass is 318 g/mol. The van der Waals surface area contributed by atoms with E-state index in [-0.39, 0.29) is 11.9 Å². The predicted octanol–water partition coefficient (Wildman–Crippen LogP) is 4.55. The number of hydrazine groups is 1. The van der Waals surface area contributed by atoms with Gasteiger partial charge in [-0.15, -0.1) is 0 Å². The van der Waals surface area contributed by atoms with Crippen LogP contribution in [0.15, 0.2) is 16.6 Å². The summed E-state index contributed by atoms with van der Waals surface area (Å²) < 4.78 is 49.6. The Hall–Kier alpha value is -0.820. The van der Waals surface area contributed by atoms with E-state index in [0.29, 0.717) is 0 Å². The molecule has 0 aliphatic heterocycles. The van der Waals surface area contributed by atoms with Gasteiger partial charge < -0.3 is 5.43 Å². The molecule has 0 heterocycles. The Bertz CT molecular complexity index is 353. The first-order chi connectivity index (χ1) is 7.38. The second-order valence-corrected chi connectivity index (χ2v) is 3.28. The van der Waals surface area contributed by atoms with Crippen LogP contribution in [0.3, 0.4) is 0 Å². The fourth-order valence-corrected chi connectivity index (χ4v) is 1.45. The van der Waals surface area contributed by atoms with Crippen LogP contribution in [0.4, 0.5) is 23.2 Å². The van der Waals surface area contributed by atoms with E-state index in [9.17, 15) is 17.6 Å². The minimum absolute atomic E-state index is 0. The number of rotatable bonds is 1. The van der Waals surface area contributed by atoms with E-state index in [1.807, 2.05) is 19.3 Å². The Morgan fingerprint density at radius 1 is 1.24 bits per heavy atom. The first-order valence-corrected chi connectivity index (χ1v) is 5.19. The van der Waals surface area contributed by atoms with Crippen LogP contribution in [-0.2, 0) is 6.18 Å². The molecule has 0 unspecified atom stereocenters. The second kappa shape index (κ2) is 7.50. The molecular formula is C10H15BrF4N2. The Balaban J connectivity index is 0. The van der Waals surface area contributed by atoms with Gasteiger partial charge in [-0.3, -0.25) is 5.84 Å². The SMILES string of the molecule is C.CC.NNc1ccc(Br)c(C(F)(F)F)c1F. The van der Waals surface area contributed by atoms with E-state index in [1.54, 1.807) is 0 Å². The summed E-state index contributed by atoms with van der Waals surface area (Å²) in [4.78, 5) is 0. The molecule has 0 aromatic heterocycles. The Kier molecular flexibility index (Phi) is 8.18. The van der Waals surface area contributed by atoms with Crippen LogP contribution in [-0.4, -0.2) is 0 Å². The quantitative estimate of drug-likeness (QED) is 0.452. The standard InChI is InChI=1S/C7H5BrF4N2.C2H6.CH4/c8-3-1-2-4(14-13)6(9)5(3)7(10,11)12;1-2;/h1-2,14H,13H2;1-2H3;1H4. The highest BCUT2D eigenvalue weighted by Crippen LogP contribution is 2.38. The molecule has 0 aliphatic carbocycles. The lowest BCUT2D eigenvalue weighted by Crippen LogP contribution is -2.14. The average molecular weight is 319 g/mol. The van der Waals surface area contributed by atoms with Crippen LogP contribution in [0.1, 0.15) is 26.8 Å². The number of nitrogen functional groups attached to an aromatic ring is 1. The smallest absolute Gasteiger partial charge is 0.321 e. The van der Waals surface area contributed by atoms with E-state index < -0.39 is 23.2 Å². The van der Waals surface area contributed by atoms with E-state index >= 15 is 0 Å². The van der Waals surface area contributed by atoms with Gasteiger partial charge in [0, 0.05) is 4.47 Å². The highest BCUT2D eigenvalue weighted by atomic mass is 79.9. The number of hydrogen-bond donors (Lipinski definition) is 2. The van der Waals surface area contributed by atoms with Gasteiger partial charge in [0.05, 0.1) is 5.69 Å². The maximum Gasteiger partial charge on any atom is 0.420 e. The number of alkyl halides is 3. The molecule has 0 bridgehead atoms. The third kappa shape index (κ3) is 4.51. The molecule has 1 aromatic rings. The van der Waals surface area contributed by atoms with Crippen molar-refractivity contribution < 1.29 is 17.6 Å². The number of nitrogens with two attached hydrogens (primary N) is 1. The van der Waals surface area contributed by atoms with Crippen molar-refractivity contribution in [1.82, 2.24) is 0 Å². The zero-order valence-electron chi connectivity index (χ0n) is 8.62. The van der Waals surface area contributed by atoms with Crippen molar-refractivity contribution in [2.24, 2.45) is 5.84 Å². The zero-order chi connectivity index (χ0) is 12.9. The second-order valence-electron chi connectivity index (χ2n) is 2.43. The minimum atomic E-state index is -4.75. The first-order valence-electron chi connectivity index (χ1n) is 4.39. The summed E-state index contributed by atoms with van der Waals surface area (Å²) in [6.07, 6.45) is -4.75. The lowest BCUT2D eigenvalue weighted by molar-refractivity contribution is -0.140. The van der Waals surface area contributed by atoms with Gasteiger partial charge in [-0.25, -0.2) is 4.39 Å². The molecule has 0 radical (unpaired) electrons. The summed E-state index contributed by atoms with van der Waals surface area (Å²) in [5, 5.41) is 0. The fraction of sp³-hybridized carbons (Fsp3) is 0.400. The van der Waals surface area contributed by atoms with Gasteiger partial charge in [0.2, 0.25) is 0 Å². The van der Waals surface area contributed by atoms with Crippen LogP contribution in [0, 0.1) is 5.82 Å². The average Bonchev–Trinajstić information content (AvgIpc) is 2.19. The van der Waals surface area contributed by atoms with Gasteiger partial charge in [0.15, 0.2) is 5.82 Å². The lowest BCUT2D eigenvalue weighted by Gasteiger charge is -2.12. The van der Waals surface area contributed by atoms with Gasteiger partial charge in [-0.2, -0.15) is 13.2 Å². The van der Waals surface area contributed by atoms with Gasteiger partial charge >= 0.3 is 6.18 Å². The van der Waals surface area contributed by atoms with Crippen molar-refractivity contribution in [3.63, 3.8) is 0 Å². The van der Waals surface area contributed by atoms with Crippen molar-refractivity contribution >= 4 is 21.6 Å². The normalized spacial score (nSPS) is 9.88. The van der Waals surface area contributed by atoms with Gasteiger partial charge in [0.25, 0.3) is 0 Å². The van der Waals surface area contributed by atoms with Crippen LogP contribution in [0.5, 0.6) is 0 Å². The summed E-state index contributed by atoms with van der Waals surface area (Å²) in [6.45, 7) is 4.00. The summed E-state index contributed by atoms with van der Waals surface area (Å²) in [5.41, 5.74) is 0.0692. The van der Waals surface area contributed by atoms with Crippen LogP contribution >= 0.6 is 15.9 Å². The van der Waals surface area contributed by atoms with Crippen molar-refractivity contribution in [2.45, 2.75) is 27.5 Å². The zero-order valence-corrected chi connectivity index (χ0v) is 10.2. The van der Waals surface area contributed by atoms with Crippen molar-refractivity contribution in [1.29, 1.82) is 0 Å². The molecule has 0 atom stereocenters. The molecule has 0 saturated carbocycles. The molecule has 3 N–H and O–H groups in total. The van der Waals surface area contributed by atoms with E-state index in [4.69, 9.17) is 5.84 Å².